The zero-order chi connectivity index (χ0) is 15.6. The Kier molecular flexibility index (Phi) is 3.93. The van der Waals surface area contributed by atoms with Crippen molar-refractivity contribution in [1.29, 1.82) is 0 Å². The van der Waals surface area contributed by atoms with Gasteiger partial charge in [0.2, 0.25) is 0 Å². The number of nitro benzene ring substituents is 1. The lowest BCUT2D eigenvalue weighted by Gasteiger charge is -2.19. The van der Waals surface area contributed by atoms with Crippen LogP contribution in [-0.4, -0.2) is 4.92 Å². The van der Waals surface area contributed by atoms with Crippen molar-refractivity contribution in [2.45, 2.75) is 26.2 Å². The molecule has 0 N–H and O–H groups in total. The minimum atomic E-state index is -0.703. The molecular formula is C16H16FNO3. The maximum absolute atomic E-state index is 13.4. The lowest BCUT2D eigenvalue weighted by molar-refractivity contribution is -0.385. The Bertz CT molecular complexity index is 677. The molecule has 110 valence electrons. The summed E-state index contributed by atoms with van der Waals surface area (Å²) >= 11 is 0. The van der Waals surface area contributed by atoms with E-state index in [1.54, 1.807) is 6.07 Å². The highest BCUT2D eigenvalue weighted by atomic mass is 19.1. The van der Waals surface area contributed by atoms with Crippen molar-refractivity contribution in [3.8, 4) is 11.5 Å². The van der Waals surface area contributed by atoms with E-state index in [1.165, 1.54) is 6.07 Å². The molecule has 2 aromatic carbocycles. The van der Waals surface area contributed by atoms with Gasteiger partial charge in [-0.15, -0.1) is 0 Å². The number of non-ortho nitro benzene ring substituents is 1. The molecule has 0 unspecified atom stereocenters. The van der Waals surface area contributed by atoms with Gasteiger partial charge in [0.15, 0.2) is 0 Å². The van der Waals surface area contributed by atoms with Crippen LogP contribution in [0.4, 0.5) is 10.1 Å². The molecule has 0 aliphatic heterocycles. The number of nitro groups is 1. The van der Waals surface area contributed by atoms with Crippen molar-refractivity contribution in [3.63, 3.8) is 0 Å². The third-order valence-electron chi connectivity index (χ3n) is 3.00. The molecule has 0 saturated carbocycles. The van der Waals surface area contributed by atoms with E-state index in [9.17, 15) is 14.5 Å². The lowest BCUT2D eigenvalue weighted by atomic mass is 9.87. The summed E-state index contributed by atoms with van der Waals surface area (Å²) < 4.78 is 18.9. The van der Waals surface area contributed by atoms with Crippen LogP contribution in [0.15, 0.2) is 42.5 Å². The Balaban J connectivity index is 2.32. The van der Waals surface area contributed by atoms with E-state index in [2.05, 4.69) is 20.8 Å². The van der Waals surface area contributed by atoms with Gasteiger partial charge in [-0.05, 0) is 23.1 Å². The number of benzene rings is 2. The highest BCUT2D eigenvalue weighted by molar-refractivity contribution is 5.42. The summed E-state index contributed by atoms with van der Waals surface area (Å²) in [5.41, 5.74) is 0.677. The topological polar surface area (TPSA) is 52.4 Å². The molecule has 0 saturated heterocycles. The monoisotopic (exact) mass is 289 g/mol. The average molecular weight is 289 g/mol. The first-order chi connectivity index (χ1) is 9.75. The normalized spacial score (nSPS) is 11.2. The second kappa shape index (κ2) is 5.52. The summed E-state index contributed by atoms with van der Waals surface area (Å²) in [6.07, 6.45) is 0. The molecule has 0 spiro atoms. The van der Waals surface area contributed by atoms with Gasteiger partial charge in [-0.25, -0.2) is 4.39 Å². The Hall–Kier alpha value is -2.43. The van der Waals surface area contributed by atoms with Gasteiger partial charge in [-0.3, -0.25) is 10.1 Å². The second-order valence-corrected chi connectivity index (χ2v) is 5.78. The molecule has 0 bridgehead atoms. The minimum Gasteiger partial charge on any atom is -0.457 e. The first kappa shape index (κ1) is 15.0. The van der Waals surface area contributed by atoms with Gasteiger partial charge >= 0.3 is 0 Å². The van der Waals surface area contributed by atoms with Gasteiger partial charge in [0.25, 0.3) is 5.69 Å². The van der Waals surface area contributed by atoms with Crippen molar-refractivity contribution in [3.05, 3.63) is 64.0 Å². The van der Waals surface area contributed by atoms with Gasteiger partial charge < -0.3 is 4.74 Å². The van der Waals surface area contributed by atoms with E-state index in [0.717, 1.165) is 17.7 Å². The van der Waals surface area contributed by atoms with Gasteiger partial charge in [-0.1, -0.05) is 32.9 Å². The Morgan fingerprint density at radius 2 is 1.81 bits per heavy atom. The van der Waals surface area contributed by atoms with Crippen LogP contribution in [0.1, 0.15) is 26.3 Å². The van der Waals surface area contributed by atoms with Crippen LogP contribution in [0.5, 0.6) is 11.5 Å². The number of hydrogen-bond acceptors (Lipinski definition) is 3. The second-order valence-electron chi connectivity index (χ2n) is 5.78. The highest BCUT2D eigenvalue weighted by Crippen LogP contribution is 2.30. The van der Waals surface area contributed by atoms with E-state index in [1.807, 2.05) is 18.2 Å². The molecule has 0 amide bonds. The third kappa shape index (κ3) is 3.78. The summed E-state index contributed by atoms with van der Waals surface area (Å²) in [6.45, 7) is 6.21. The summed E-state index contributed by atoms with van der Waals surface area (Å²) in [5, 5.41) is 10.7. The highest BCUT2D eigenvalue weighted by Gasteiger charge is 2.15. The molecule has 2 aromatic rings. The van der Waals surface area contributed by atoms with E-state index >= 15 is 0 Å². The molecule has 0 aromatic heterocycles. The number of ether oxygens (including phenoxy) is 1. The Morgan fingerprint density at radius 1 is 1.10 bits per heavy atom. The third-order valence-corrected chi connectivity index (χ3v) is 3.00. The molecule has 5 heteroatoms. The molecule has 0 aliphatic rings. The van der Waals surface area contributed by atoms with Crippen molar-refractivity contribution in [2.24, 2.45) is 0 Å². The summed E-state index contributed by atoms with van der Waals surface area (Å²) in [6, 6.07) is 10.6. The van der Waals surface area contributed by atoms with Crippen LogP contribution in [0.25, 0.3) is 0 Å². The van der Waals surface area contributed by atoms with Crippen LogP contribution in [0.3, 0.4) is 0 Å². The van der Waals surface area contributed by atoms with Crippen LogP contribution >= 0.6 is 0 Å². The minimum absolute atomic E-state index is 0.0483. The number of nitrogens with zero attached hydrogens (tertiary/aromatic N) is 1. The summed E-state index contributed by atoms with van der Waals surface area (Å²) in [5.74, 6) is -0.0822. The van der Waals surface area contributed by atoms with E-state index in [0.29, 0.717) is 5.75 Å². The van der Waals surface area contributed by atoms with Gasteiger partial charge in [0.1, 0.15) is 17.3 Å². The fourth-order valence-corrected chi connectivity index (χ4v) is 1.87. The van der Waals surface area contributed by atoms with Crippen molar-refractivity contribution < 1.29 is 14.1 Å². The smallest absolute Gasteiger partial charge is 0.276 e. The molecule has 0 heterocycles. The standard InChI is InChI=1S/C16H16FNO3/c1-16(2,3)11-5-4-6-14(7-11)21-15-9-12(17)8-13(10-15)18(19)20/h4-10H,1-3H3. The predicted octanol–water partition coefficient (Wildman–Crippen LogP) is 4.82. The maximum Gasteiger partial charge on any atom is 0.276 e. The van der Waals surface area contributed by atoms with Crippen LogP contribution < -0.4 is 4.74 Å². The van der Waals surface area contributed by atoms with E-state index < -0.39 is 10.7 Å². The van der Waals surface area contributed by atoms with Crippen LogP contribution in [0, 0.1) is 15.9 Å². The Morgan fingerprint density at radius 3 is 2.43 bits per heavy atom. The van der Waals surface area contributed by atoms with E-state index in [-0.39, 0.29) is 16.9 Å². The van der Waals surface area contributed by atoms with Gasteiger partial charge in [0.05, 0.1) is 17.1 Å². The van der Waals surface area contributed by atoms with Gasteiger partial charge in [-0.2, -0.15) is 0 Å². The summed E-state index contributed by atoms with van der Waals surface area (Å²) in [4.78, 5) is 10.1. The van der Waals surface area contributed by atoms with Crippen LogP contribution in [0.2, 0.25) is 0 Å². The largest absolute Gasteiger partial charge is 0.457 e. The SMILES string of the molecule is CC(C)(C)c1cccc(Oc2cc(F)cc([N+](=O)[O-])c2)c1. The lowest BCUT2D eigenvalue weighted by Crippen LogP contribution is -2.10. The molecule has 0 radical (unpaired) electrons. The average Bonchev–Trinajstić information content (AvgIpc) is 2.37. The molecule has 0 atom stereocenters. The predicted molar refractivity (Wildman–Crippen MR) is 78.3 cm³/mol. The first-order valence-electron chi connectivity index (χ1n) is 6.49. The van der Waals surface area contributed by atoms with Crippen molar-refractivity contribution >= 4 is 5.69 Å². The maximum atomic E-state index is 13.4. The molecule has 0 fully saturated rings. The fourth-order valence-electron chi connectivity index (χ4n) is 1.87. The number of rotatable bonds is 3. The van der Waals surface area contributed by atoms with Crippen molar-refractivity contribution in [1.82, 2.24) is 0 Å². The van der Waals surface area contributed by atoms with Gasteiger partial charge in [0, 0.05) is 6.07 Å². The molecular weight excluding hydrogens is 273 g/mol. The van der Waals surface area contributed by atoms with Crippen molar-refractivity contribution in [2.75, 3.05) is 0 Å². The Labute approximate surface area is 122 Å². The fraction of sp³-hybridized carbons (Fsp3) is 0.250. The van der Waals surface area contributed by atoms with E-state index in [4.69, 9.17) is 4.74 Å². The molecule has 2 rings (SSSR count). The molecule has 0 aliphatic carbocycles. The summed E-state index contributed by atoms with van der Waals surface area (Å²) in [7, 11) is 0. The van der Waals surface area contributed by atoms with Crippen LogP contribution in [-0.2, 0) is 5.41 Å². The quantitative estimate of drug-likeness (QED) is 0.601. The zero-order valence-corrected chi connectivity index (χ0v) is 12.1. The molecule has 4 nitrogen and oxygen atoms in total. The number of halogens is 1. The number of hydrogen-bond donors (Lipinski definition) is 0. The zero-order valence-electron chi connectivity index (χ0n) is 12.1. The molecule has 21 heavy (non-hydrogen) atoms. The first-order valence-corrected chi connectivity index (χ1v) is 6.49.